The molecule has 6 nitrogen and oxygen atoms in total. The van der Waals surface area contributed by atoms with Crippen LogP contribution in [0.1, 0.15) is 21.6 Å². The second-order valence-corrected chi connectivity index (χ2v) is 7.64. The molecule has 1 amide bonds. The van der Waals surface area contributed by atoms with Crippen molar-refractivity contribution in [2.24, 2.45) is 0 Å². The number of rotatable bonds is 3. The highest BCUT2D eigenvalue weighted by molar-refractivity contribution is 9.10. The summed E-state index contributed by atoms with van der Waals surface area (Å²) in [5, 5.41) is 2.30. The van der Waals surface area contributed by atoms with Gasteiger partial charge < -0.3 is 5.32 Å². The van der Waals surface area contributed by atoms with Crippen LogP contribution in [0.4, 0.5) is 5.69 Å². The van der Waals surface area contributed by atoms with Crippen molar-refractivity contribution in [3.63, 3.8) is 0 Å². The van der Waals surface area contributed by atoms with Crippen LogP contribution in [0, 0.1) is 13.8 Å². The molecule has 0 saturated heterocycles. The number of halogens is 1. The Hall–Kier alpha value is -1.80. The molecule has 0 radical (unpaired) electrons. The summed E-state index contributed by atoms with van der Waals surface area (Å²) >= 11 is 3.16. The molecule has 1 aromatic heterocycles. The average molecular weight is 384 g/mol. The molecule has 0 aliphatic heterocycles. The Morgan fingerprint density at radius 2 is 1.91 bits per heavy atom. The Morgan fingerprint density at radius 1 is 1.23 bits per heavy atom. The summed E-state index contributed by atoms with van der Waals surface area (Å²) in [6.45, 7) is 3.91. The van der Waals surface area contributed by atoms with Crippen LogP contribution < -0.4 is 5.32 Å². The zero-order valence-electron chi connectivity index (χ0n) is 12.2. The van der Waals surface area contributed by atoms with Gasteiger partial charge in [0, 0.05) is 18.1 Å². The van der Waals surface area contributed by atoms with E-state index >= 15 is 0 Å². The van der Waals surface area contributed by atoms with Crippen LogP contribution in [0.3, 0.4) is 0 Å². The van der Waals surface area contributed by atoms with Gasteiger partial charge in [-0.25, -0.2) is 18.4 Å². The van der Waals surface area contributed by atoms with Gasteiger partial charge in [0.2, 0.25) is 15.0 Å². The number of hydrogen-bond acceptors (Lipinski definition) is 5. The van der Waals surface area contributed by atoms with E-state index in [1.165, 1.54) is 6.20 Å². The second-order valence-electron chi connectivity index (χ2n) is 4.87. The van der Waals surface area contributed by atoms with Crippen LogP contribution >= 0.6 is 15.9 Å². The molecule has 0 fully saturated rings. The Balaban J connectivity index is 2.35. The number of carbonyl (C=O) groups is 1. The fourth-order valence-electron chi connectivity index (χ4n) is 1.70. The predicted molar refractivity (Wildman–Crippen MR) is 86.7 cm³/mol. The van der Waals surface area contributed by atoms with Crippen LogP contribution in [-0.2, 0) is 9.84 Å². The molecule has 8 heteroatoms. The smallest absolute Gasteiger partial charge is 0.275 e. The summed E-state index contributed by atoms with van der Waals surface area (Å²) in [6.07, 6.45) is 2.24. The number of nitrogens with one attached hydrogen (secondary N) is 1. The van der Waals surface area contributed by atoms with Gasteiger partial charge in [0.25, 0.3) is 5.91 Å². The van der Waals surface area contributed by atoms with E-state index in [0.717, 1.165) is 17.4 Å². The van der Waals surface area contributed by atoms with Crippen molar-refractivity contribution in [2.75, 3.05) is 11.6 Å². The van der Waals surface area contributed by atoms with Crippen LogP contribution in [0.25, 0.3) is 0 Å². The van der Waals surface area contributed by atoms with Gasteiger partial charge in [-0.15, -0.1) is 0 Å². The molecular formula is C14H14BrN3O3S. The molecule has 22 heavy (non-hydrogen) atoms. The van der Waals surface area contributed by atoms with Crippen LogP contribution in [0.15, 0.2) is 34.0 Å². The molecule has 0 saturated carbocycles. The molecule has 0 aliphatic carbocycles. The van der Waals surface area contributed by atoms with Gasteiger partial charge in [-0.05, 0) is 53.0 Å². The quantitative estimate of drug-likeness (QED) is 0.822. The molecule has 2 aromatic rings. The van der Waals surface area contributed by atoms with Crippen molar-refractivity contribution < 1.29 is 13.2 Å². The number of nitrogens with zero attached hydrogens (tertiary/aromatic N) is 2. The number of amides is 1. The fraction of sp³-hybridized carbons (Fsp3) is 0.214. The lowest BCUT2D eigenvalue weighted by Gasteiger charge is -2.09. The van der Waals surface area contributed by atoms with Crippen molar-refractivity contribution in [3.05, 3.63) is 45.7 Å². The van der Waals surface area contributed by atoms with E-state index < -0.39 is 15.7 Å². The maximum absolute atomic E-state index is 12.3. The van der Waals surface area contributed by atoms with Gasteiger partial charge in [-0.3, -0.25) is 4.79 Å². The van der Waals surface area contributed by atoms with E-state index in [0.29, 0.717) is 10.2 Å². The highest BCUT2D eigenvalue weighted by Crippen LogP contribution is 2.19. The summed E-state index contributed by atoms with van der Waals surface area (Å²) < 4.78 is 23.3. The Morgan fingerprint density at radius 3 is 2.50 bits per heavy atom. The minimum absolute atomic E-state index is 0.0337. The zero-order chi connectivity index (χ0) is 16.5. The first-order valence-electron chi connectivity index (χ1n) is 6.29. The Labute approximate surface area is 137 Å². The highest BCUT2D eigenvalue weighted by atomic mass is 79.9. The normalized spacial score (nSPS) is 11.3. The lowest BCUT2D eigenvalue weighted by atomic mass is 10.1. The van der Waals surface area contributed by atoms with E-state index in [4.69, 9.17) is 0 Å². The maximum Gasteiger partial charge on any atom is 0.275 e. The van der Waals surface area contributed by atoms with E-state index in [2.05, 4.69) is 31.2 Å². The standard InChI is InChI=1S/C14H14BrN3O3S/c1-8-4-5-10(6-9(8)2)17-13(19)12-11(15)7-16-14(18-12)22(3,20)21/h4-7H,1-3H3,(H,17,19). The lowest BCUT2D eigenvalue weighted by Crippen LogP contribution is -2.17. The fourth-order valence-corrected chi connectivity index (χ4v) is 2.57. The van der Waals surface area contributed by atoms with E-state index in [-0.39, 0.29) is 10.9 Å². The summed E-state index contributed by atoms with van der Waals surface area (Å²) in [4.78, 5) is 19.8. The third-order valence-corrected chi connectivity index (χ3v) is 4.47. The Bertz CT molecular complexity index is 850. The molecule has 0 atom stereocenters. The van der Waals surface area contributed by atoms with E-state index in [1.54, 1.807) is 6.07 Å². The Kier molecular flexibility index (Phi) is 4.62. The number of hydrogen-bond donors (Lipinski definition) is 1. The lowest BCUT2D eigenvalue weighted by molar-refractivity contribution is 0.102. The molecule has 116 valence electrons. The van der Waals surface area contributed by atoms with Gasteiger partial charge in [0.15, 0.2) is 0 Å². The third kappa shape index (κ3) is 3.69. The van der Waals surface area contributed by atoms with Gasteiger partial charge in [-0.2, -0.15) is 0 Å². The summed E-state index contributed by atoms with van der Waals surface area (Å²) in [5.41, 5.74) is 2.73. The van der Waals surface area contributed by atoms with Crippen molar-refractivity contribution in [1.82, 2.24) is 9.97 Å². The number of sulfone groups is 1. The van der Waals surface area contributed by atoms with Crippen molar-refractivity contribution >= 4 is 37.4 Å². The first-order chi connectivity index (χ1) is 10.2. The number of aromatic nitrogens is 2. The number of anilines is 1. The minimum atomic E-state index is -3.58. The third-order valence-electron chi connectivity index (χ3n) is 3.03. The first kappa shape index (κ1) is 16.6. The van der Waals surface area contributed by atoms with Crippen LogP contribution in [0.5, 0.6) is 0 Å². The topological polar surface area (TPSA) is 89.0 Å². The molecule has 0 unspecified atom stereocenters. The van der Waals surface area contributed by atoms with Crippen molar-refractivity contribution in [1.29, 1.82) is 0 Å². The van der Waals surface area contributed by atoms with Crippen LogP contribution in [-0.4, -0.2) is 30.5 Å². The van der Waals surface area contributed by atoms with E-state index in [9.17, 15) is 13.2 Å². The molecule has 1 N–H and O–H groups in total. The molecule has 2 rings (SSSR count). The first-order valence-corrected chi connectivity index (χ1v) is 8.98. The highest BCUT2D eigenvalue weighted by Gasteiger charge is 2.18. The summed E-state index contributed by atoms with van der Waals surface area (Å²) in [5.74, 6) is -0.512. The number of aryl methyl sites for hydroxylation is 2. The molecule has 0 spiro atoms. The number of benzene rings is 1. The van der Waals surface area contributed by atoms with Crippen LogP contribution in [0.2, 0.25) is 0 Å². The average Bonchev–Trinajstić information content (AvgIpc) is 2.42. The van der Waals surface area contributed by atoms with Crippen molar-refractivity contribution in [3.8, 4) is 0 Å². The van der Waals surface area contributed by atoms with E-state index in [1.807, 2.05) is 26.0 Å². The van der Waals surface area contributed by atoms with Gasteiger partial charge >= 0.3 is 0 Å². The minimum Gasteiger partial charge on any atom is -0.321 e. The summed E-state index contributed by atoms with van der Waals surface area (Å²) in [6, 6.07) is 5.49. The molecule has 0 bridgehead atoms. The molecule has 1 heterocycles. The molecule has 1 aromatic carbocycles. The monoisotopic (exact) mass is 383 g/mol. The second kappa shape index (κ2) is 6.13. The predicted octanol–water partition coefficient (Wildman–Crippen LogP) is 2.51. The van der Waals surface area contributed by atoms with Gasteiger partial charge in [0.05, 0.1) is 4.47 Å². The van der Waals surface area contributed by atoms with Crippen molar-refractivity contribution in [2.45, 2.75) is 19.0 Å². The molecular weight excluding hydrogens is 370 g/mol. The van der Waals surface area contributed by atoms with Gasteiger partial charge in [0.1, 0.15) is 5.69 Å². The van der Waals surface area contributed by atoms with Gasteiger partial charge in [-0.1, -0.05) is 6.07 Å². The SMILES string of the molecule is Cc1ccc(NC(=O)c2nc(S(C)(=O)=O)ncc2Br)cc1C. The summed E-state index contributed by atoms with van der Waals surface area (Å²) in [7, 11) is -3.58. The largest absolute Gasteiger partial charge is 0.321 e. The maximum atomic E-state index is 12.3. The number of carbonyl (C=O) groups excluding carboxylic acids is 1. The zero-order valence-corrected chi connectivity index (χ0v) is 14.6. The molecule has 0 aliphatic rings.